The van der Waals surface area contributed by atoms with Gasteiger partial charge in [-0.1, -0.05) is 50.0 Å². The molecule has 1 heterocycles. The Hall–Kier alpha value is -3.44. The topological polar surface area (TPSA) is 131 Å². The van der Waals surface area contributed by atoms with Crippen LogP contribution in [0.3, 0.4) is 0 Å². The Labute approximate surface area is 211 Å². The van der Waals surface area contributed by atoms with Gasteiger partial charge in [-0.05, 0) is 41.8 Å². The van der Waals surface area contributed by atoms with E-state index in [1.165, 1.54) is 6.20 Å². The van der Waals surface area contributed by atoms with Crippen molar-refractivity contribution in [1.82, 2.24) is 9.19 Å². The molecule has 0 aliphatic rings. The molecule has 0 bridgehead atoms. The van der Waals surface area contributed by atoms with Crippen molar-refractivity contribution in [2.24, 2.45) is 5.73 Å². The molecule has 0 saturated carbocycles. The van der Waals surface area contributed by atoms with Crippen molar-refractivity contribution >= 4 is 46.6 Å². The monoisotopic (exact) mass is 529 g/mol. The Morgan fingerprint density at radius 3 is 2.36 bits per heavy atom. The highest BCUT2D eigenvalue weighted by Crippen LogP contribution is 2.25. The number of ether oxygens (including phenoxy) is 2. The quantitative estimate of drug-likeness (QED) is 0.147. The van der Waals surface area contributed by atoms with Crippen LogP contribution in [-0.2, 0) is 35.7 Å². The van der Waals surface area contributed by atoms with Gasteiger partial charge in [0.25, 0.3) is 10.0 Å². The van der Waals surface area contributed by atoms with Gasteiger partial charge in [0.05, 0.1) is 30.3 Å². The highest BCUT2D eigenvalue weighted by atomic mass is 32.2. The summed E-state index contributed by atoms with van der Waals surface area (Å²) in [5, 5.41) is 4.79. The van der Waals surface area contributed by atoms with Gasteiger partial charge in [0.2, 0.25) is 0 Å². The fourth-order valence-corrected chi connectivity index (χ4v) is 7.61. The van der Waals surface area contributed by atoms with Crippen molar-refractivity contribution in [2.75, 3.05) is 12.9 Å². The lowest BCUT2D eigenvalue weighted by molar-refractivity contribution is -0.146. The number of rotatable bonds is 9. The highest BCUT2D eigenvalue weighted by Gasteiger charge is 2.27. The number of fused-ring (bicyclic) bond motifs is 1. The molecule has 0 aliphatic carbocycles. The lowest BCUT2D eigenvalue weighted by atomic mass is 10.0. The SMILES string of the molecule is COC(=O)C(C(=O)OCc1ccccc1)=C(N)c1cc(C)c2nn(S(=O)(=O)CC[Si](C)(C)C)cc2c1. The predicted octanol–water partition coefficient (Wildman–Crippen LogP) is 3.45. The van der Waals surface area contributed by atoms with E-state index in [4.69, 9.17) is 15.2 Å². The minimum absolute atomic E-state index is 0.00437. The molecule has 3 rings (SSSR count). The number of hydrogen-bond acceptors (Lipinski definition) is 8. The van der Waals surface area contributed by atoms with Gasteiger partial charge in [-0.2, -0.15) is 9.19 Å². The van der Waals surface area contributed by atoms with E-state index in [-0.39, 0.29) is 18.1 Å². The molecule has 0 fully saturated rings. The maximum atomic E-state index is 12.9. The van der Waals surface area contributed by atoms with Crippen LogP contribution >= 0.6 is 0 Å². The summed E-state index contributed by atoms with van der Waals surface area (Å²) in [5.74, 6) is -1.86. The lowest BCUT2D eigenvalue weighted by Crippen LogP contribution is -2.26. The number of carbonyl (C=O) groups excluding carboxylic acids is 2. The molecule has 1 aromatic heterocycles. The molecule has 9 nitrogen and oxygen atoms in total. The smallest absolute Gasteiger partial charge is 0.348 e. The van der Waals surface area contributed by atoms with Crippen molar-refractivity contribution in [2.45, 2.75) is 39.2 Å². The normalized spacial score (nSPS) is 12.8. The van der Waals surface area contributed by atoms with Crippen LogP contribution < -0.4 is 5.73 Å². The first kappa shape index (κ1) is 27.1. The number of nitrogens with zero attached hydrogens (tertiary/aromatic N) is 2. The van der Waals surface area contributed by atoms with E-state index in [2.05, 4.69) is 24.7 Å². The molecular formula is C25H31N3O6SSi. The summed E-state index contributed by atoms with van der Waals surface area (Å²) >= 11 is 0. The minimum atomic E-state index is -3.64. The molecule has 0 unspecified atom stereocenters. The van der Waals surface area contributed by atoms with Crippen LogP contribution in [0.2, 0.25) is 25.7 Å². The molecule has 192 valence electrons. The van der Waals surface area contributed by atoms with Crippen LogP contribution in [0.15, 0.2) is 54.2 Å². The zero-order chi connectivity index (χ0) is 26.7. The molecule has 2 N–H and O–H groups in total. The Kier molecular flexibility index (Phi) is 8.04. The summed E-state index contributed by atoms with van der Waals surface area (Å²) in [6, 6.07) is 12.8. The van der Waals surface area contributed by atoms with Gasteiger partial charge < -0.3 is 15.2 Å². The maximum Gasteiger partial charge on any atom is 0.348 e. The number of carbonyl (C=O) groups is 2. The number of aryl methyl sites for hydroxylation is 1. The summed E-state index contributed by atoms with van der Waals surface area (Å²) < 4.78 is 36.8. The van der Waals surface area contributed by atoms with Crippen molar-refractivity contribution in [3.63, 3.8) is 0 Å². The second-order valence-corrected chi connectivity index (χ2v) is 17.3. The largest absolute Gasteiger partial charge is 0.465 e. The summed E-state index contributed by atoms with van der Waals surface area (Å²) in [4.78, 5) is 25.3. The number of methoxy groups -OCH3 is 1. The number of aromatic nitrogens is 2. The summed E-state index contributed by atoms with van der Waals surface area (Å²) in [6.45, 7) is 8.02. The van der Waals surface area contributed by atoms with Gasteiger partial charge >= 0.3 is 11.9 Å². The van der Waals surface area contributed by atoms with Crippen molar-refractivity contribution in [3.05, 3.63) is 70.9 Å². The van der Waals surface area contributed by atoms with Gasteiger partial charge in [-0.25, -0.2) is 18.0 Å². The second kappa shape index (κ2) is 10.7. The molecule has 11 heteroatoms. The molecule has 0 spiro atoms. The molecule has 0 amide bonds. The first-order chi connectivity index (χ1) is 16.8. The lowest BCUT2D eigenvalue weighted by Gasteiger charge is -2.15. The summed E-state index contributed by atoms with van der Waals surface area (Å²) in [5.41, 5.74) is 7.89. The van der Waals surface area contributed by atoms with E-state index in [1.807, 2.05) is 6.07 Å². The molecule has 0 atom stereocenters. The fraction of sp³-hybridized carbons (Fsp3) is 0.320. The third-order valence-electron chi connectivity index (χ3n) is 5.56. The second-order valence-electron chi connectivity index (χ2n) is 9.70. The number of esters is 2. The van der Waals surface area contributed by atoms with E-state index in [9.17, 15) is 18.0 Å². The number of benzene rings is 2. The molecule has 0 saturated heterocycles. The van der Waals surface area contributed by atoms with E-state index < -0.39 is 35.6 Å². The van der Waals surface area contributed by atoms with Crippen LogP contribution in [0, 0.1) is 6.92 Å². The summed E-state index contributed by atoms with van der Waals surface area (Å²) in [6.07, 6.45) is 1.42. The van der Waals surface area contributed by atoms with Gasteiger partial charge in [0, 0.05) is 13.5 Å². The Balaban J connectivity index is 1.98. The molecule has 0 radical (unpaired) electrons. The Bertz CT molecular complexity index is 1420. The van der Waals surface area contributed by atoms with E-state index in [0.29, 0.717) is 28.1 Å². The fourth-order valence-electron chi connectivity index (χ4n) is 3.46. The van der Waals surface area contributed by atoms with Crippen LogP contribution in [-0.4, -0.2) is 50.5 Å². The number of nitrogens with two attached hydrogens (primary N) is 1. The zero-order valence-electron chi connectivity index (χ0n) is 21.1. The maximum absolute atomic E-state index is 12.9. The first-order valence-electron chi connectivity index (χ1n) is 11.3. The van der Waals surface area contributed by atoms with Crippen molar-refractivity contribution in [1.29, 1.82) is 0 Å². The van der Waals surface area contributed by atoms with Crippen LogP contribution in [0.25, 0.3) is 16.6 Å². The molecular weight excluding hydrogens is 498 g/mol. The highest BCUT2D eigenvalue weighted by molar-refractivity contribution is 7.89. The van der Waals surface area contributed by atoms with E-state index in [0.717, 1.165) is 16.8 Å². The Morgan fingerprint density at radius 2 is 1.75 bits per heavy atom. The Morgan fingerprint density at radius 1 is 1.08 bits per heavy atom. The van der Waals surface area contributed by atoms with Crippen molar-refractivity contribution < 1.29 is 27.5 Å². The zero-order valence-corrected chi connectivity index (χ0v) is 22.9. The van der Waals surface area contributed by atoms with Gasteiger partial charge in [0.15, 0.2) is 5.57 Å². The standard InChI is InChI=1S/C25H31N3O6SSi/c1-17-13-19(14-20-15-28(27-23(17)20)35(31,32)11-12-36(3,4)5)22(26)21(24(29)33-2)25(30)34-16-18-9-7-6-8-10-18/h6-10,13-15H,11-12,16,26H2,1-5H3. The number of hydrogen-bond donors (Lipinski definition) is 1. The summed E-state index contributed by atoms with van der Waals surface area (Å²) in [7, 11) is -4.07. The average Bonchev–Trinajstić information content (AvgIpc) is 3.28. The van der Waals surface area contributed by atoms with E-state index in [1.54, 1.807) is 43.3 Å². The van der Waals surface area contributed by atoms with E-state index >= 15 is 0 Å². The first-order valence-corrected chi connectivity index (χ1v) is 16.7. The third-order valence-corrected chi connectivity index (χ3v) is 9.15. The molecule has 36 heavy (non-hydrogen) atoms. The molecule has 3 aromatic rings. The van der Waals surface area contributed by atoms with Crippen LogP contribution in [0.4, 0.5) is 0 Å². The van der Waals surface area contributed by atoms with Gasteiger partial charge in [-0.3, -0.25) is 0 Å². The van der Waals surface area contributed by atoms with Gasteiger partial charge in [-0.15, -0.1) is 0 Å². The third kappa shape index (κ3) is 6.41. The van der Waals surface area contributed by atoms with Crippen molar-refractivity contribution in [3.8, 4) is 0 Å². The molecule has 2 aromatic carbocycles. The average molecular weight is 530 g/mol. The van der Waals surface area contributed by atoms with Crippen LogP contribution in [0.1, 0.15) is 16.7 Å². The molecule has 0 aliphatic heterocycles. The predicted molar refractivity (Wildman–Crippen MR) is 141 cm³/mol. The van der Waals surface area contributed by atoms with Gasteiger partial charge in [0.1, 0.15) is 6.61 Å². The minimum Gasteiger partial charge on any atom is -0.465 e. The van der Waals surface area contributed by atoms with Crippen LogP contribution in [0.5, 0.6) is 0 Å².